The molecule has 0 spiro atoms. The number of hydrogen-bond acceptors (Lipinski definition) is 2. The largest absolute Gasteiger partial charge is 0.318 e. The summed E-state index contributed by atoms with van der Waals surface area (Å²) >= 11 is 6.14. The minimum Gasteiger partial charge on any atom is -0.318 e. The van der Waals surface area contributed by atoms with E-state index in [1.165, 1.54) is 0 Å². The normalized spacial score (nSPS) is 16.5. The molecule has 0 saturated carbocycles. The lowest BCUT2D eigenvalue weighted by molar-refractivity contribution is -0.117. The highest BCUT2D eigenvalue weighted by Gasteiger charge is 2.31. The molecule has 0 radical (unpaired) electrons. The minimum atomic E-state index is -0.814. The smallest absolute Gasteiger partial charge is 0.180 e. The second-order valence-corrected chi connectivity index (χ2v) is 4.38. The summed E-state index contributed by atoms with van der Waals surface area (Å²) in [5.74, 6) is 0.0397. The maximum absolute atomic E-state index is 11.9. The first-order chi connectivity index (χ1) is 6.49. The van der Waals surface area contributed by atoms with Crippen LogP contribution in [-0.4, -0.2) is 24.2 Å². The molecule has 0 rings (SSSR count). The van der Waals surface area contributed by atoms with Gasteiger partial charge in [0.2, 0.25) is 0 Å². The number of Topliss-reactive ketones (excluding diaryl/α,β-unsaturated/α-hetero) is 1. The quantitative estimate of drug-likeness (QED) is 0.547. The highest BCUT2D eigenvalue weighted by Crippen LogP contribution is 2.21. The van der Waals surface area contributed by atoms with E-state index in [9.17, 15) is 4.79 Å². The second-order valence-electron chi connectivity index (χ2n) is 3.55. The molecule has 0 amide bonds. The first kappa shape index (κ1) is 13.7. The number of allylic oxidation sites excluding steroid dienone is 2. The SMILES string of the molecule is CC/C=C(\CC)C(=O)C(C)(Cl)CNC. The zero-order chi connectivity index (χ0) is 11.2. The molecule has 0 aliphatic heterocycles. The van der Waals surface area contributed by atoms with Crippen molar-refractivity contribution in [1.29, 1.82) is 0 Å². The molecule has 0 bridgehead atoms. The lowest BCUT2D eigenvalue weighted by atomic mass is 9.96. The summed E-state index contributed by atoms with van der Waals surface area (Å²) in [6, 6.07) is 0. The van der Waals surface area contributed by atoms with Gasteiger partial charge in [0.25, 0.3) is 0 Å². The summed E-state index contributed by atoms with van der Waals surface area (Å²) in [4.78, 5) is 11.1. The standard InChI is InChI=1S/C11H20ClNO/c1-5-7-9(6-2)10(14)11(3,12)8-13-4/h7,13H,5-6,8H2,1-4H3/b9-7+. The number of carbonyl (C=O) groups is 1. The Morgan fingerprint density at radius 2 is 2.07 bits per heavy atom. The molecule has 1 N–H and O–H groups in total. The van der Waals surface area contributed by atoms with Crippen LogP contribution in [0.4, 0.5) is 0 Å². The number of halogens is 1. The van der Waals surface area contributed by atoms with E-state index in [2.05, 4.69) is 5.32 Å². The Morgan fingerprint density at radius 3 is 2.43 bits per heavy atom. The fraction of sp³-hybridized carbons (Fsp3) is 0.727. The van der Waals surface area contributed by atoms with Gasteiger partial charge in [0.15, 0.2) is 5.78 Å². The molecule has 0 aromatic rings. The lowest BCUT2D eigenvalue weighted by Crippen LogP contribution is -2.39. The van der Waals surface area contributed by atoms with Crippen molar-refractivity contribution in [2.75, 3.05) is 13.6 Å². The van der Waals surface area contributed by atoms with Crippen LogP contribution < -0.4 is 5.32 Å². The molecule has 0 aromatic carbocycles. The molecule has 0 aromatic heterocycles. The summed E-state index contributed by atoms with van der Waals surface area (Å²) < 4.78 is 0. The van der Waals surface area contributed by atoms with Crippen molar-refractivity contribution in [3.63, 3.8) is 0 Å². The zero-order valence-corrected chi connectivity index (χ0v) is 10.2. The predicted molar refractivity (Wildman–Crippen MR) is 61.9 cm³/mol. The van der Waals surface area contributed by atoms with Gasteiger partial charge < -0.3 is 5.32 Å². The Morgan fingerprint density at radius 1 is 1.50 bits per heavy atom. The summed E-state index contributed by atoms with van der Waals surface area (Å²) in [6.07, 6.45) is 3.58. The molecule has 0 aliphatic rings. The van der Waals surface area contributed by atoms with Gasteiger partial charge in [-0.1, -0.05) is 19.9 Å². The van der Waals surface area contributed by atoms with E-state index in [-0.39, 0.29) is 5.78 Å². The van der Waals surface area contributed by atoms with Gasteiger partial charge >= 0.3 is 0 Å². The van der Waals surface area contributed by atoms with Crippen LogP contribution in [0.25, 0.3) is 0 Å². The van der Waals surface area contributed by atoms with Crippen LogP contribution in [0.1, 0.15) is 33.6 Å². The van der Waals surface area contributed by atoms with Crippen LogP contribution in [0.3, 0.4) is 0 Å². The van der Waals surface area contributed by atoms with Gasteiger partial charge in [0.1, 0.15) is 4.87 Å². The fourth-order valence-corrected chi connectivity index (χ4v) is 1.65. The molecule has 82 valence electrons. The third kappa shape index (κ3) is 3.81. The fourth-order valence-electron chi connectivity index (χ4n) is 1.39. The Bertz CT molecular complexity index is 221. The number of ketones is 1. The van der Waals surface area contributed by atoms with Gasteiger partial charge in [0, 0.05) is 6.54 Å². The number of nitrogens with one attached hydrogen (secondary N) is 1. The summed E-state index contributed by atoms with van der Waals surface area (Å²) in [6.45, 7) is 6.25. The Labute approximate surface area is 91.7 Å². The summed E-state index contributed by atoms with van der Waals surface area (Å²) in [5, 5.41) is 2.93. The zero-order valence-electron chi connectivity index (χ0n) is 9.48. The third-order valence-electron chi connectivity index (χ3n) is 2.11. The maximum atomic E-state index is 11.9. The molecule has 0 saturated heterocycles. The van der Waals surface area contributed by atoms with Crippen molar-refractivity contribution < 1.29 is 4.79 Å². The van der Waals surface area contributed by atoms with Crippen molar-refractivity contribution in [3.8, 4) is 0 Å². The van der Waals surface area contributed by atoms with Crippen molar-refractivity contribution in [3.05, 3.63) is 11.6 Å². The minimum absolute atomic E-state index is 0.0397. The van der Waals surface area contributed by atoms with Gasteiger partial charge in [0.05, 0.1) is 0 Å². The molecule has 14 heavy (non-hydrogen) atoms. The summed E-state index contributed by atoms with van der Waals surface area (Å²) in [7, 11) is 1.79. The molecule has 3 heteroatoms. The molecule has 1 atom stereocenters. The van der Waals surface area contributed by atoms with Crippen LogP contribution in [0.15, 0.2) is 11.6 Å². The molecular weight excluding hydrogens is 198 g/mol. The molecule has 2 nitrogen and oxygen atoms in total. The number of rotatable bonds is 6. The second kappa shape index (κ2) is 6.20. The van der Waals surface area contributed by atoms with Gasteiger partial charge in [-0.15, -0.1) is 11.6 Å². The predicted octanol–water partition coefficient (Wildman–Crippen LogP) is 2.52. The first-order valence-corrected chi connectivity index (χ1v) is 5.44. The summed E-state index contributed by atoms with van der Waals surface area (Å²) in [5.41, 5.74) is 0.834. The van der Waals surface area contributed by atoms with Gasteiger partial charge in [-0.05, 0) is 32.4 Å². The monoisotopic (exact) mass is 217 g/mol. The van der Waals surface area contributed by atoms with Crippen molar-refractivity contribution >= 4 is 17.4 Å². The average Bonchev–Trinajstić information content (AvgIpc) is 2.13. The number of alkyl halides is 1. The highest BCUT2D eigenvalue weighted by atomic mass is 35.5. The van der Waals surface area contributed by atoms with E-state index >= 15 is 0 Å². The van der Waals surface area contributed by atoms with Crippen LogP contribution in [-0.2, 0) is 4.79 Å². The highest BCUT2D eigenvalue weighted by molar-refractivity contribution is 6.37. The van der Waals surface area contributed by atoms with Crippen molar-refractivity contribution in [2.45, 2.75) is 38.5 Å². The van der Waals surface area contributed by atoms with E-state index in [1.54, 1.807) is 14.0 Å². The lowest BCUT2D eigenvalue weighted by Gasteiger charge is -2.21. The average molecular weight is 218 g/mol. The van der Waals surface area contributed by atoms with Crippen molar-refractivity contribution in [2.24, 2.45) is 0 Å². The van der Waals surface area contributed by atoms with E-state index in [0.29, 0.717) is 6.54 Å². The molecule has 1 unspecified atom stereocenters. The first-order valence-electron chi connectivity index (χ1n) is 5.06. The van der Waals surface area contributed by atoms with E-state index in [4.69, 9.17) is 11.6 Å². The number of carbonyl (C=O) groups excluding carboxylic acids is 1. The molecular formula is C11H20ClNO. The van der Waals surface area contributed by atoms with Crippen LogP contribution >= 0.6 is 11.6 Å². The van der Waals surface area contributed by atoms with E-state index in [1.807, 2.05) is 19.9 Å². The van der Waals surface area contributed by atoms with Gasteiger partial charge in [-0.25, -0.2) is 0 Å². The molecule has 0 heterocycles. The van der Waals surface area contributed by atoms with Crippen LogP contribution in [0, 0.1) is 0 Å². The van der Waals surface area contributed by atoms with Gasteiger partial charge in [-0.3, -0.25) is 4.79 Å². The van der Waals surface area contributed by atoms with Crippen molar-refractivity contribution in [1.82, 2.24) is 5.32 Å². The Hall–Kier alpha value is -0.340. The molecule has 0 fully saturated rings. The molecule has 0 aliphatic carbocycles. The van der Waals surface area contributed by atoms with E-state index in [0.717, 1.165) is 18.4 Å². The Kier molecular flexibility index (Phi) is 6.05. The maximum Gasteiger partial charge on any atom is 0.180 e. The number of hydrogen-bond donors (Lipinski definition) is 1. The third-order valence-corrected chi connectivity index (χ3v) is 2.41. The topological polar surface area (TPSA) is 29.1 Å². The van der Waals surface area contributed by atoms with Crippen LogP contribution in [0.5, 0.6) is 0 Å². The van der Waals surface area contributed by atoms with Crippen LogP contribution in [0.2, 0.25) is 0 Å². The van der Waals surface area contributed by atoms with E-state index < -0.39 is 4.87 Å². The Balaban J connectivity index is 4.65. The van der Waals surface area contributed by atoms with Gasteiger partial charge in [-0.2, -0.15) is 0 Å².